The number of nitrogens with zero attached hydrogens (tertiary/aromatic N) is 3. The Morgan fingerprint density at radius 2 is 1.70 bits per heavy atom. The summed E-state index contributed by atoms with van der Waals surface area (Å²) in [5.74, 6) is -4.18. The number of aliphatic hydroxyl groups is 1. The van der Waals surface area contributed by atoms with Gasteiger partial charge < -0.3 is 25.3 Å². The van der Waals surface area contributed by atoms with E-state index in [-0.39, 0.29) is 17.2 Å². The number of piperidine rings is 2. The number of hydrogen-bond acceptors (Lipinski definition) is 6. The quantitative estimate of drug-likeness (QED) is 0.332. The van der Waals surface area contributed by atoms with Gasteiger partial charge in [0.25, 0.3) is 0 Å². The van der Waals surface area contributed by atoms with E-state index in [0.717, 1.165) is 68.2 Å². The number of nitrogens with one attached hydrogen (secondary N) is 1. The lowest BCUT2D eigenvalue weighted by atomic mass is 9.72. The summed E-state index contributed by atoms with van der Waals surface area (Å²) in [6.45, 7) is 4.31. The predicted molar refractivity (Wildman–Crippen MR) is 151 cm³/mol. The molecule has 44 heavy (non-hydrogen) atoms. The molecule has 2 aromatic rings. The molecule has 236 valence electrons. The fourth-order valence-corrected chi connectivity index (χ4v) is 6.17. The third kappa shape index (κ3) is 7.92. The summed E-state index contributed by atoms with van der Waals surface area (Å²) >= 11 is 0. The highest BCUT2D eigenvalue weighted by atomic mass is 19.4. The molecular formula is C31H33F5N4O4. The van der Waals surface area contributed by atoms with Crippen LogP contribution in [0, 0.1) is 28.9 Å². The van der Waals surface area contributed by atoms with Crippen LogP contribution in [0.5, 0.6) is 0 Å². The number of aliphatic hydroxyl groups excluding tert-OH is 1. The minimum absolute atomic E-state index is 0.0143. The Morgan fingerprint density at radius 1 is 1.09 bits per heavy atom. The lowest BCUT2D eigenvalue weighted by molar-refractivity contribution is -0.192. The summed E-state index contributed by atoms with van der Waals surface area (Å²) in [5.41, 5.74) is 3.29. The smallest absolute Gasteiger partial charge is 0.475 e. The standard InChI is InChI=1S/C29H32F2N4O2.C2HF3O2/c30-23-14-20(15-24(31)16-23)4-5-27(37)35-10-6-21(7-11-35)26(36)18-34-12-8-29(9-13-34)19-33-25-3-1-2-22(17-32)28(25)29;3-2(4,5)1(6)7/h1-5,14-16,21,26,33,36H,6-13,18-19H2;(H,6,7)/b5-4+;. The lowest BCUT2D eigenvalue weighted by Crippen LogP contribution is -2.48. The maximum atomic E-state index is 13.4. The Hall–Kier alpha value is -4.02. The Bertz CT molecular complexity index is 1400. The van der Waals surface area contributed by atoms with E-state index in [1.807, 2.05) is 12.1 Å². The van der Waals surface area contributed by atoms with Crippen LogP contribution in [0.2, 0.25) is 0 Å². The summed E-state index contributed by atoms with van der Waals surface area (Å²) in [7, 11) is 0. The summed E-state index contributed by atoms with van der Waals surface area (Å²) in [5, 5.41) is 31.2. The van der Waals surface area contributed by atoms with Gasteiger partial charge in [0.2, 0.25) is 5.91 Å². The molecule has 0 saturated carbocycles. The monoisotopic (exact) mass is 620 g/mol. The number of fused-ring (bicyclic) bond motifs is 2. The second-order valence-corrected chi connectivity index (χ2v) is 11.3. The van der Waals surface area contributed by atoms with Crippen molar-refractivity contribution in [3.05, 3.63) is 70.8 Å². The molecule has 3 aliphatic rings. The SMILES string of the molecule is N#Cc1cccc2c1C1(CCN(CC(O)C3CCN(C(=O)/C=C/c4cc(F)cc(F)c4)CC3)CC1)CN2.O=C(O)C(F)(F)F. The van der Waals surface area contributed by atoms with E-state index < -0.39 is 29.9 Å². The Morgan fingerprint density at radius 3 is 2.27 bits per heavy atom. The lowest BCUT2D eigenvalue weighted by Gasteiger charge is -2.41. The van der Waals surface area contributed by atoms with Crippen molar-refractivity contribution in [1.29, 1.82) is 5.26 Å². The fourth-order valence-electron chi connectivity index (χ4n) is 6.17. The molecule has 1 unspecified atom stereocenters. The fraction of sp³-hybridized carbons (Fsp3) is 0.452. The summed E-state index contributed by atoms with van der Waals surface area (Å²) < 4.78 is 58.4. The van der Waals surface area contributed by atoms with E-state index in [9.17, 15) is 37.1 Å². The molecule has 1 atom stereocenters. The molecule has 0 aliphatic carbocycles. The highest BCUT2D eigenvalue weighted by molar-refractivity contribution is 5.91. The van der Waals surface area contributed by atoms with Crippen LogP contribution in [-0.4, -0.2) is 83.4 Å². The van der Waals surface area contributed by atoms with Gasteiger partial charge in [-0.05, 0) is 80.6 Å². The molecular weight excluding hydrogens is 587 g/mol. The van der Waals surface area contributed by atoms with Gasteiger partial charge in [-0.15, -0.1) is 0 Å². The zero-order valence-corrected chi connectivity index (χ0v) is 23.8. The maximum absolute atomic E-state index is 13.4. The van der Waals surface area contributed by atoms with Crippen molar-refractivity contribution < 1.29 is 41.8 Å². The Labute approximate surface area is 251 Å². The minimum Gasteiger partial charge on any atom is -0.475 e. The van der Waals surface area contributed by atoms with Crippen LogP contribution >= 0.6 is 0 Å². The van der Waals surface area contributed by atoms with Gasteiger partial charge in [-0.25, -0.2) is 13.6 Å². The summed E-state index contributed by atoms with van der Waals surface area (Å²) in [6.07, 6.45) is 0.575. The number of β-amino-alcohol motifs (C(OH)–C–C–N with tert-alkyl or cyclic N) is 1. The Kier molecular flexibility index (Phi) is 10.3. The van der Waals surface area contributed by atoms with Crippen molar-refractivity contribution in [2.45, 2.75) is 43.4 Å². The van der Waals surface area contributed by atoms with Gasteiger partial charge in [0.1, 0.15) is 11.6 Å². The van der Waals surface area contributed by atoms with Crippen molar-refractivity contribution in [3.8, 4) is 6.07 Å². The number of amides is 1. The first-order chi connectivity index (χ1) is 20.8. The number of benzene rings is 2. The molecule has 3 aliphatic heterocycles. The van der Waals surface area contributed by atoms with Gasteiger partial charge in [0.15, 0.2) is 0 Å². The van der Waals surface area contributed by atoms with E-state index in [1.165, 1.54) is 24.3 Å². The normalized spacial score (nSPS) is 19.1. The number of anilines is 1. The van der Waals surface area contributed by atoms with Crippen molar-refractivity contribution in [2.24, 2.45) is 5.92 Å². The number of carboxylic acid groups (broad SMARTS) is 1. The number of alkyl halides is 3. The van der Waals surface area contributed by atoms with Crippen LogP contribution in [0.3, 0.4) is 0 Å². The number of rotatable bonds is 5. The number of aliphatic carboxylic acids is 1. The molecule has 1 amide bonds. The second kappa shape index (κ2) is 13.7. The number of halogens is 5. The zero-order valence-electron chi connectivity index (χ0n) is 23.8. The van der Waals surface area contributed by atoms with Gasteiger partial charge in [-0.1, -0.05) is 6.07 Å². The van der Waals surface area contributed by atoms with Gasteiger partial charge in [-0.3, -0.25) is 4.79 Å². The topological polar surface area (TPSA) is 117 Å². The molecule has 3 N–H and O–H groups in total. The molecule has 13 heteroatoms. The molecule has 1 spiro atoms. The highest BCUT2D eigenvalue weighted by Gasteiger charge is 2.43. The molecule has 0 bridgehead atoms. The molecule has 3 heterocycles. The van der Waals surface area contributed by atoms with E-state index in [4.69, 9.17) is 9.90 Å². The molecule has 2 fully saturated rings. The third-order valence-electron chi connectivity index (χ3n) is 8.53. The molecule has 0 radical (unpaired) electrons. The van der Waals surface area contributed by atoms with Crippen LogP contribution in [0.15, 0.2) is 42.5 Å². The average molecular weight is 621 g/mol. The van der Waals surface area contributed by atoms with Crippen molar-refractivity contribution in [2.75, 3.05) is 44.6 Å². The first kappa shape index (κ1) is 32.9. The number of likely N-dealkylation sites (tertiary alicyclic amines) is 2. The molecule has 2 aromatic carbocycles. The third-order valence-corrected chi connectivity index (χ3v) is 8.53. The van der Waals surface area contributed by atoms with Crippen molar-refractivity contribution >= 4 is 23.6 Å². The largest absolute Gasteiger partial charge is 0.490 e. The second-order valence-electron chi connectivity index (χ2n) is 11.3. The summed E-state index contributed by atoms with van der Waals surface area (Å²) in [4.78, 5) is 25.5. The zero-order chi connectivity index (χ0) is 32.1. The van der Waals surface area contributed by atoms with Gasteiger partial charge in [0, 0.05) is 55.0 Å². The van der Waals surface area contributed by atoms with E-state index >= 15 is 0 Å². The van der Waals surface area contributed by atoms with E-state index in [2.05, 4.69) is 22.4 Å². The number of carbonyl (C=O) groups is 2. The van der Waals surface area contributed by atoms with E-state index in [1.54, 1.807) is 4.90 Å². The highest BCUT2D eigenvalue weighted by Crippen LogP contribution is 2.45. The first-order valence-corrected chi connectivity index (χ1v) is 14.2. The van der Waals surface area contributed by atoms with E-state index in [0.29, 0.717) is 25.2 Å². The Balaban J connectivity index is 0.000000566. The van der Waals surface area contributed by atoms with Crippen molar-refractivity contribution in [3.63, 3.8) is 0 Å². The maximum Gasteiger partial charge on any atom is 0.490 e. The van der Waals surface area contributed by atoms with Crippen LogP contribution in [0.25, 0.3) is 6.08 Å². The van der Waals surface area contributed by atoms with Crippen LogP contribution < -0.4 is 5.32 Å². The van der Waals surface area contributed by atoms with Crippen LogP contribution in [0.4, 0.5) is 27.6 Å². The van der Waals surface area contributed by atoms with Gasteiger partial charge >= 0.3 is 12.1 Å². The molecule has 8 nitrogen and oxygen atoms in total. The van der Waals surface area contributed by atoms with Crippen LogP contribution in [-0.2, 0) is 15.0 Å². The summed E-state index contributed by atoms with van der Waals surface area (Å²) in [6, 6.07) is 11.4. The molecule has 0 aromatic heterocycles. The molecule has 2 saturated heterocycles. The number of nitriles is 1. The number of hydrogen-bond donors (Lipinski definition) is 3. The number of carbonyl (C=O) groups excluding carboxylic acids is 1. The van der Waals surface area contributed by atoms with Crippen molar-refractivity contribution in [1.82, 2.24) is 9.80 Å². The molecule has 5 rings (SSSR count). The van der Waals surface area contributed by atoms with Gasteiger partial charge in [-0.2, -0.15) is 18.4 Å². The number of carboxylic acids is 1. The predicted octanol–water partition coefficient (Wildman–Crippen LogP) is 4.54. The van der Waals surface area contributed by atoms with Gasteiger partial charge in [0.05, 0.1) is 17.7 Å². The van der Waals surface area contributed by atoms with Crippen LogP contribution in [0.1, 0.15) is 42.4 Å². The average Bonchev–Trinajstić information content (AvgIpc) is 3.34. The minimum atomic E-state index is -5.08. The first-order valence-electron chi connectivity index (χ1n) is 14.2.